The normalized spacial score (nSPS) is 34.2. The monoisotopic (exact) mass is 142 g/mol. The molecule has 2 nitrogen and oxygen atoms in total. The van der Waals surface area contributed by atoms with Crippen LogP contribution in [0.4, 0.5) is 0 Å². The van der Waals surface area contributed by atoms with E-state index in [1.165, 1.54) is 25.7 Å². The minimum absolute atomic E-state index is 0.479. The van der Waals surface area contributed by atoms with Crippen molar-refractivity contribution in [3.8, 4) is 0 Å². The Hall–Kier alpha value is -0.0800. The molecule has 0 heterocycles. The van der Waals surface area contributed by atoms with Gasteiger partial charge in [-0.3, -0.25) is 0 Å². The van der Waals surface area contributed by atoms with Crippen LogP contribution in [0.15, 0.2) is 0 Å². The molecule has 0 aromatic carbocycles. The summed E-state index contributed by atoms with van der Waals surface area (Å²) < 4.78 is 0. The summed E-state index contributed by atoms with van der Waals surface area (Å²) in [6.07, 6.45) is 5.16. The molecule has 2 heteroatoms. The molecule has 0 bridgehead atoms. The lowest BCUT2D eigenvalue weighted by molar-refractivity contribution is 0.316. The first-order valence-electron chi connectivity index (χ1n) is 4.23. The quantitative estimate of drug-likeness (QED) is 0.596. The van der Waals surface area contributed by atoms with Crippen LogP contribution in [-0.4, -0.2) is 19.6 Å². The molecular formula is C8H18N2. The van der Waals surface area contributed by atoms with Gasteiger partial charge in [0.25, 0.3) is 0 Å². The van der Waals surface area contributed by atoms with Gasteiger partial charge < -0.3 is 11.1 Å². The van der Waals surface area contributed by atoms with Gasteiger partial charge in [-0.15, -0.1) is 0 Å². The van der Waals surface area contributed by atoms with Crippen LogP contribution < -0.4 is 11.1 Å². The van der Waals surface area contributed by atoms with E-state index >= 15 is 0 Å². The molecule has 1 saturated carbocycles. The SMILES string of the molecule is CNC[C@@H]1CCC[C@H](N)C1. The first kappa shape index (κ1) is 8.02. The summed E-state index contributed by atoms with van der Waals surface area (Å²) >= 11 is 0. The van der Waals surface area contributed by atoms with Crippen molar-refractivity contribution >= 4 is 0 Å². The lowest BCUT2D eigenvalue weighted by Crippen LogP contribution is -2.32. The maximum absolute atomic E-state index is 5.83. The molecule has 0 unspecified atom stereocenters. The molecule has 0 amide bonds. The Morgan fingerprint density at radius 3 is 2.90 bits per heavy atom. The van der Waals surface area contributed by atoms with E-state index in [0.717, 1.165) is 12.5 Å². The Morgan fingerprint density at radius 2 is 2.30 bits per heavy atom. The molecule has 0 aromatic rings. The molecule has 60 valence electrons. The molecule has 0 saturated heterocycles. The van der Waals surface area contributed by atoms with Crippen LogP contribution >= 0.6 is 0 Å². The second kappa shape index (κ2) is 3.94. The zero-order valence-corrected chi connectivity index (χ0v) is 6.77. The lowest BCUT2D eigenvalue weighted by atomic mass is 9.86. The highest BCUT2D eigenvalue weighted by atomic mass is 14.8. The number of hydrogen-bond acceptors (Lipinski definition) is 2. The maximum atomic E-state index is 5.83. The molecule has 3 N–H and O–H groups in total. The summed E-state index contributed by atoms with van der Waals surface area (Å²) in [6, 6.07) is 0.479. The third kappa shape index (κ3) is 2.27. The third-order valence-corrected chi connectivity index (χ3v) is 2.32. The molecule has 1 rings (SSSR count). The third-order valence-electron chi connectivity index (χ3n) is 2.32. The average Bonchev–Trinajstić information content (AvgIpc) is 1.88. The molecule has 0 aromatic heterocycles. The standard InChI is InChI=1S/C8H18N2/c1-10-6-7-3-2-4-8(9)5-7/h7-8,10H,2-6,9H2,1H3/t7-,8+/m1/s1. The van der Waals surface area contributed by atoms with Gasteiger partial charge >= 0.3 is 0 Å². The summed E-state index contributed by atoms with van der Waals surface area (Å²) in [5.41, 5.74) is 5.83. The van der Waals surface area contributed by atoms with Gasteiger partial charge in [0.2, 0.25) is 0 Å². The van der Waals surface area contributed by atoms with E-state index in [2.05, 4.69) is 5.32 Å². The number of rotatable bonds is 2. The molecule has 1 aliphatic carbocycles. The fourth-order valence-electron chi connectivity index (χ4n) is 1.81. The summed E-state index contributed by atoms with van der Waals surface area (Å²) in [4.78, 5) is 0. The van der Waals surface area contributed by atoms with E-state index in [4.69, 9.17) is 5.73 Å². The Labute approximate surface area is 63.2 Å². The van der Waals surface area contributed by atoms with E-state index in [-0.39, 0.29) is 0 Å². The van der Waals surface area contributed by atoms with Gasteiger partial charge in [0.05, 0.1) is 0 Å². The van der Waals surface area contributed by atoms with Gasteiger partial charge in [0.15, 0.2) is 0 Å². The van der Waals surface area contributed by atoms with E-state index < -0.39 is 0 Å². The summed E-state index contributed by atoms with van der Waals surface area (Å²) in [6.45, 7) is 1.15. The van der Waals surface area contributed by atoms with E-state index in [0.29, 0.717) is 6.04 Å². The minimum atomic E-state index is 0.479. The maximum Gasteiger partial charge on any atom is 0.00419 e. The number of hydrogen-bond donors (Lipinski definition) is 2. The summed E-state index contributed by atoms with van der Waals surface area (Å²) in [7, 11) is 2.01. The Kier molecular flexibility index (Phi) is 3.16. The van der Waals surface area contributed by atoms with Gasteiger partial charge in [-0.2, -0.15) is 0 Å². The van der Waals surface area contributed by atoms with Crippen molar-refractivity contribution in [3.63, 3.8) is 0 Å². The van der Waals surface area contributed by atoms with Crippen molar-refractivity contribution < 1.29 is 0 Å². The predicted molar refractivity (Wildman–Crippen MR) is 43.9 cm³/mol. The highest BCUT2D eigenvalue weighted by Crippen LogP contribution is 2.21. The van der Waals surface area contributed by atoms with Gasteiger partial charge in [-0.05, 0) is 38.8 Å². The molecule has 0 spiro atoms. The molecule has 1 aliphatic rings. The van der Waals surface area contributed by atoms with Crippen LogP contribution in [0.1, 0.15) is 25.7 Å². The Bertz CT molecular complexity index is 91.3. The first-order valence-corrected chi connectivity index (χ1v) is 4.23. The Balaban J connectivity index is 2.18. The zero-order valence-electron chi connectivity index (χ0n) is 6.77. The van der Waals surface area contributed by atoms with Gasteiger partial charge in [-0.25, -0.2) is 0 Å². The number of nitrogens with one attached hydrogen (secondary N) is 1. The second-order valence-corrected chi connectivity index (χ2v) is 3.35. The Morgan fingerprint density at radius 1 is 1.50 bits per heavy atom. The highest BCUT2D eigenvalue weighted by molar-refractivity contribution is 4.75. The molecule has 1 fully saturated rings. The van der Waals surface area contributed by atoms with Crippen molar-refractivity contribution in [1.82, 2.24) is 5.32 Å². The zero-order chi connectivity index (χ0) is 7.40. The summed E-state index contributed by atoms with van der Waals surface area (Å²) in [5.74, 6) is 0.841. The van der Waals surface area contributed by atoms with Crippen LogP contribution in [0.5, 0.6) is 0 Å². The predicted octanol–water partition coefficient (Wildman–Crippen LogP) is 0.723. The fourth-order valence-corrected chi connectivity index (χ4v) is 1.81. The van der Waals surface area contributed by atoms with Crippen molar-refractivity contribution in [2.24, 2.45) is 11.7 Å². The molecule has 0 aliphatic heterocycles. The smallest absolute Gasteiger partial charge is 0.00419 e. The van der Waals surface area contributed by atoms with Crippen LogP contribution in [0, 0.1) is 5.92 Å². The van der Waals surface area contributed by atoms with E-state index in [1.54, 1.807) is 0 Å². The lowest BCUT2D eigenvalue weighted by Gasteiger charge is -2.26. The van der Waals surface area contributed by atoms with Gasteiger partial charge in [0, 0.05) is 6.04 Å². The van der Waals surface area contributed by atoms with Crippen LogP contribution in [0.25, 0.3) is 0 Å². The van der Waals surface area contributed by atoms with Crippen molar-refractivity contribution in [3.05, 3.63) is 0 Å². The molecule has 10 heavy (non-hydrogen) atoms. The highest BCUT2D eigenvalue weighted by Gasteiger charge is 2.17. The van der Waals surface area contributed by atoms with Gasteiger partial charge in [-0.1, -0.05) is 6.42 Å². The van der Waals surface area contributed by atoms with Crippen LogP contribution in [0.3, 0.4) is 0 Å². The van der Waals surface area contributed by atoms with Crippen molar-refractivity contribution in [2.75, 3.05) is 13.6 Å². The number of nitrogens with two attached hydrogens (primary N) is 1. The molecular weight excluding hydrogens is 124 g/mol. The molecule has 0 radical (unpaired) electrons. The second-order valence-electron chi connectivity index (χ2n) is 3.35. The minimum Gasteiger partial charge on any atom is -0.328 e. The fraction of sp³-hybridized carbons (Fsp3) is 1.00. The summed E-state index contributed by atoms with van der Waals surface area (Å²) in [5, 5.41) is 3.20. The first-order chi connectivity index (χ1) is 4.83. The van der Waals surface area contributed by atoms with E-state index in [1.807, 2.05) is 7.05 Å². The largest absolute Gasteiger partial charge is 0.328 e. The average molecular weight is 142 g/mol. The van der Waals surface area contributed by atoms with Crippen LogP contribution in [-0.2, 0) is 0 Å². The molecule has 2 atom stereocenters. The van der Waals surface area contributed by atoms with Crippen molar-refractivity contribution in [1.29, 1.82) is 0 Å². The van der Waals surface area contributed by atoms with Gasteiger partial charge in [0.1, 0.15) is 0 Å². The van der Waals surface area contributed by atoms with Crippen LogP contribution in [0.2, 0.25) is 0 Å². The van der Waals surface area contributed by atoms with Crippen molar-refractivity contribution in [2.45, 2.75) is 31.7 Å². The topological polar surface area (TPSA) is 38.0 Å². The van der Waals surface area contributed by atoms with E-state index in [9.17, 15) is 0 Å².